The van der Waals surface area contributed by atoms with Gasteiger partial charge in [0.15, 0.2) is 0 Å². The molecule has 3 aromatic rings. The molecule has 3 rings (SSSR count). The first-order valence-corrected chi connectivity index (χ1v) is 11.8. The van der Waals surface area contributed by atoms with Crippen LogP contribution in [-0.4, -0.2) is 18.2 Å². The van der Waals surface area contributed by atoms with Crippen molar-refractivity contribution in [2.24, 2.45) is 5.92 Å². The molecule has 1 N–H and O–H groups in total. The number of Topliss-reactive ketones (excluding diaryl/α,β-unsaturated/α-hetero) is 1. The Bertz CT molecular complexity index is 1200. The molecule has 0 aliphatic heterocycles. The lowest BCUT2D eigenvalue weighted by Crippen LogP contribution is -2.25. The van der Waals surface area contributed by atoms with Crippen LogP contribution >= 0.6 is 0 Å². The van der Waals surface area contributed by atoms with E-state index < -0.39 is 11.7 Å². The highest BCUT2D eigenvalue weighted by Gasteiger charge is 2.30. The number of rotatable bonds is 9. The van der Waals surface area contributed by atoms with Gasteiger partial charge in [-0.25, -0.2) is 0 Å². The molecule has 0 radical (unpaired) electrons. The van der Waals surface area contributed by atoms with E-state index in [0.29, 0.717) is 29.8 Å². The lowest BCUT2D eigenvalue weighted by Gasteiger charge is -2.24. The summed E-state index contributed by atoms with van der Waals surface area (Å²) in [5, 5.41) is 2.73. The Labute approximate surface area is 209 Å². The van der Waals surface area contributed by atoms with Crippen molar-refractivity contribution in [1.82, 2.24) is 5.32 Å². The standard InChI is InChI=1S/C29H30F3NO3/c1-18(2)27(22-5-7-23(8-6-22)28(35)33-16-15-20(4)34)36-25-13-14-26(19(3)17-25)21-9-11-24(12-10-21)29(30,31)32/h5-14,17-18,27H,15-16H2,1-4H3,(H,33,35). The molecule has 1 amide bonds. The lowest BCUT2D eigenvalue weighted by atomic mass is 9.97. The fourth-order valence-electron chi connectivity index (χ4n) is 3.89. The van der Waals surface area contributed by atoms with Gasteiger partial charge in [0.1, 0.15) is 17.6 Å². The van der Waals surface area contributed by atoms with E-state index in [4.69, 9.17) is 4.74 Å². The van der Waals surface area contributed by atoms with Crippen LogP contribution in [0.15, 0.2) is 66.7 Å². The molecule has 0 fully saturated rings. The van der Waals surface area contributed by atoms with Crippen LogP contribution in [0, 0.1) is 12.8 Å². The van der Waals surface area contributed by atoms with Crippen LogP contribution in [0.1, 0.15) is 60.3 Å². The maximum absolute atomic E-state index is 12.9. The van der Waals surface area contributed by atoms with Gasteiger partial charge in [-0.05, 0) is 78.4 Å². The van der Waals surface area contributed by atoms with Gasteiger partial charge >= 0.3 is 6.18 Å². The van der Waals surface area contributed by atoms with Gasteiger partial charge in [0, 0.05) is 18.5 Å². The number of halogens is 3. The molecule has 3 aromatic carbocycles. The highest BCUT2D eigenvalue weighted by atomic mass is 19.4. The van der Waals surface area contributed by atoms with E-state index >= 15 is 0 Å². The minimum Gasteiger partial charge on any atom is -0.485 e. The zero-order valence-electron chi connectivity index (χ0n) is 20.8. The Morgan fingerprint density at radius 3 is 2.11 bits per heavy atom. The molecule has 0 aliphatic rings. The maximum Gasteiger partial charge on any atom is 0.416 e. The second-order valence-corrected chi connectivity index (χ2v) is 9.16. The Hall–Kier alpha value is -3.61. The fraction of sp³-hybridized carbons (Fsp3) is 0.310. The van der Waals surface area contributed by atoms with Crippen molar-refractivity contribution in [2.45, 2.75) is 46.4 Å². The first kappa shape index (κ1) is 27.0. The number of amides is 1. The number of hydrogen-bond donors (Lipinski definition) is 1. The van der Waals surface area contributed by atoms with Crippen LogP contribution in [0.3, 0.4) is 0 Å². The largest absolute Gasteiger partial charge is 0.485 e. The predicted molar refractivity (Wildman–Crippen MR) is 134 cm³/mol. The Morgan fingerprint density at radius 1 is 0.944 bits per heavy atom. The van der Waals surface area contributed by atoms with Crippen LogP contribution in [0.25, 0.3) is 11.1 Å². The van der Waals surface area contributed by atoms with Gasteiger partial charge in [-0.1, -0.05) is 44.2 Å². The smallest absolute Gasteiger partial charge is 0.416 e. The number of carbonyl (C=O) groups is 2. The summed E-state index contributed by atoms with van der Waals surface area (Å²) in [4.78, 5) is 23.3. The first-order chi connectivity index (χ1) is 17.0. The summed E-state index contributed by atoms with van der Waals surface area (Å²) in [5.74, 6) is 0.563. The summed E-state index contributed by atoms with van der Waals surface area (Å²) < 4.78 is 44.9. The second kappa shape index (κ2) is 11.4. The molecule has 0 bridgehead atoms. The quantitative estimate of drug-likeness (QED) is 0.341. The number of nitrogens with one attached hydrogen (secondary N) is 1. The lowest BCUT2D eigenvalue weighted by molar-refractivity contribution is -0.137. The molecule has 0 aromatic heterocycles. The summed E-state index contributed by atoms with van der Waals surface area (Å²) in [6, 6.07) is 17.8. The maximum atomic E-state index is 12.9. The first-order valence-electron chi connectivity index (χ1n) is 11.8. The van der Waals surface area contributed by atoms with Crippen molar-refractivity contribution in [3.63, 3.8) is 0 Å². The number of benzene rings is 3. The third-order valence-corrected chi connectivity index (χ3v) is 5.85. The molecule has 0 aliphatic carbocycles. The third-order valence-electron chi connectivity index (χ3n) is 5.85. The topological polar surface area (TPSA) is 55.4 Å². The molecule has 0 spiro atoms. The minimum absolute atomic E-state index is 0.0187. The summed E-state index contributed by atoms with van der Waals surface area (Å²) in [6.07, 6.45) is -4.34. The minimum atomic E-state index is -4.37. The van der Waals surface area contributed by atoms with E-state index in [1.807, 2.05) is 51.1 Å². The SMILES string of the molecule is CC(=O)CCNC(=O)c1ccc(C(Oc2ccc(-c3ccc(C(F)(F)F)cc3)c(C)c2)C(C)C)cc1. The highest BCUT2D eigenvalue weighted by molar-refractivity contribution is 5.94. The van der Waals surface area contributed by atoms with Crippen molar-refractivity contribution in [1.29, 1.82) is 0 Å². The average molecular weight is 498 g/mol. The molecule has 4 nitrogen and oxygen atoms in total. The summed E-state index contributed by atoms with van der Waals surface area (Å²) in [5.41, 5.74) is 3.15. The van der Waals surface area contributed by atoms with Crippen molar-refractivity contribution in [2.75, 3.05) is 6.54 Å². The average Bonchev–Trinajstić information content (AvgIpc) is 2.82. The summed E-state index contributed by atoms with van der Waals surface area (Å²) >= 11 is 0. The van der Waals surface area contributed by atoms with Gasteiger partial charge in [-0.3, -0.25) is 9.59 Å². The zero-order chi connectivity index (χ0) is 26.5. The van der Waals surface area contributed by atoms with E-state index in [2.05, 4.69) is 5.32 Å². The normalized spacial score (nSPS) is 12.3. The van der Waals surface area contributed by atoms with E-state index in [0.717, 1.165) is 28.8 Å². The molecule has 7 heteroatoms. The van der Waals surface area contributed by atoms with E-state index in [1.165, 1.54) is 19.1 Å². The fourth-order valence-corrected chi connectivity index (χ4v) is 3.89. The van der Waals surface area contributed by atoms with Gasteiger partial charge in [0.2, 0.25) is 0 Å². The Morgan fingerprint density at radius 2 is 1.58 bits per heavy atom. The molecule has 1 atom stereocenters. The van der Waals surface area contributed by atoms with Gasteiger partial charge in [-0.2, -0.15) is 13.2 Å². The molecule has 0 heterocycles. The number of ketones is 1. The molecular weight excluding hydrogens is 467 g/mol. The van der Waals surface area contributed by atoms with Crippen LogP contribution in [-0.2, 0) is 11.0 Å². The van der Waals surface area contributed by atoms with E-state index in [1.54, 1.807) is 12.1 Å². The number of carbonyl (C=O) groups excluding carboxylic acids is 2. The van der Waals surface area contributed by atoms with Crippen molar-refractivity contribution >= 4 is 11.7 Å². The second-order valence-electron chi connectivity index (χ2n) is 9.16. The Balaban J connectivity index is 1.73. The van der Waals surface area contributed by atoms with Gasteiger partial charge < -0.3 is 10.1 Å². The van der Waals surface area contributed by atoms with Crippen molar-refractivity contribution in [3.8, 4) is 16.9 Å². The van der Waals surface area contributed by atoms with E-state index in [-0.39, 0.29) is 23.7 Å². The number of ether oxygens (including phenoxy) is 1. The molecule has 0 saturated carbocycles. The molecule has 190 valence electrons. The summed E-state index contributed by atoms with van der Waals surface area (Å²) in [7, 11) is 0. The van der Waals surface area contributed by atoms with Crippen molar-refractivity contribution < 1.29 is 27.5 Å². The van der Waals surface area contributed by atoms with Gasteiger partial charge in [0.05, 0.1) is 5.56 Å². The number of alkyl halides is 3. The number of aryl methyl sites for hydroxylation is 1. The number of hydrogen-bond acceptors (Lipinski definition) is 3. The van der Waals surface area contributed by atoms with Crippen LogP contribution in [0.4, 0.5) is 13.2 Å². The molecule has 0 saturated heterocycles. The molecule has 1 unspecified atom stereocenters. The third kappa shape index (κ3) is 6.97. The van der Waals surface area contributed by atoms with Crippen LogP contribution in [0.5, 0.6) is 5.75 Å². The van der Waals surface area contributed by atoms with Gasteiger partial charge in [0.25, 0.3) is 5.91 Å². The zero-order valence-corrected chi connectivity index (χ0v) is 20.8. The Kier molecular flexibility index (Phi) is 8.56. The predicted octanol–water partition coefficient (Wildman–Crippen LogP) is 7.17. The monoisotopic (exact) mass is 497 g/mol. The van der Waals surface area contributed by atoms with Crippen molar-refractivity contribution in [3.05, 3.63) is 89.0 Å². The molecule has 36 heavy (non-hydrogen) atoms. The van der Waals surface area contributed by atoms with Crippen LogP contribution in [0.2, 0.25) is 0 Å². The molecular formula is C29H30F3NO3. The highest BCUT2D eigenvalue weighted by Crippen LogP contribution is 2.34. The van der Waals surface area contributed by atoms with Gasteiger partial charge in [-0.15, -0.1) is 0 Å². The van der Waals surface area contributed by atoms with Crippen LogP contribution < -0.4 is 10.1 Å². The summed E-state index contributed by atoms with van der Waals surface area (Å²) in [6.45, 7) is 7.75. The van der Waals surface area contributed by atoms with E-state index in [9.17, 15) is 22.8 Å².